The van der Waals surface area contributed by atoms with Crippen LogP contribution in [-0.4, -0.2) is 0 Å². The van der Waals surface area contributed by atoms with Gasteiger partial charge in [-0.1, -0.05) is 61.9 Å². The van der Waals surface area contributed by atoms with E-state index in [2.05, 4.69) is 0 Å². The summed E-state index contributed by atoms with van der Waals surface area (Å²) in [6.07, 6.45) is 1.91. The minimum Gasteiger partial charge on any atom is -0.326 e. The van der Waals surface area contributed by atoms with Crippen molar-refractivity contribution in [1.29, 1.82) is 0 Å². The van der Waals surface area contributed by atoms with E-state index in [0.717, 1.165) is 34.2 Å². The first kappa shape index (κ1) is 16.9. The minimum atomic E-state index is -0.254. The lowest BCUT2D eigenvalue weighted by Gasteiger charge is -2.09. The largest absolute Gasteiger partial charge is 0.326 e. The molecule has 0 fully saturated rings. The first-order valence-corrected chi connectivity index (χ1v) is 9.05. The van der Waals surface area contributed by atoms with E-state index in [-0.39, 0.29) is 11.6 Å². The lowest BCUT2D eigenvalue weighted by molar-refractivity contribution is 0.592. The fraction of sp³-hybridized carbons (Fsp3) is 0.217. The Morgan fingerprint density at radius 2 is 1.42 bits per heavy atom. The van der Waals surface area contributed by atoms with E-state index in [4.69, 9.17) is 5.73 Å². The Bertz CT molecular complexity index is 974. The van der Waals surface area contributed by atoms with Crippen molar-refractivity contribution in [3.8, 4) is 22.3 Å². The average Bonchev–Trinajstić information content (AvgIpc) is 3.05. The maximum Gasteiger partial charge on any atom is 0.135 e. The quantitative estimate of drug-likeness (QED) is 0.509. The Balaban J connectivity index is 1.78. The smallest absolute Gasteiger partial charge is 0.135 e. The van der Waals surface area contributed by atoms with Crippen LogP contribution in [0.1, 0.15) is 35.6 Å². The van der Waals surface area contributed by atoms with E-state index in [1.165, 1.54) is 0 Å². The van der Waals surface area contributed by atoms with Crippen molar-refractivity contribution in [2.75, 3.05) is 0 Å². The maximum absolute atomic E-state index is 15.2. The second kappa shape index (κ2) is 6.65. The second-order valence-electron chi connectivity index (χ2n) is 6.85. The third kappa shape index (κ3) is 2.63. The number of hydrogen-bond acceptors (Lipinski definition) is 1. The van der Waals surface area contributed by atoms with Crippen LogP contribution in [0.2, 0.25) is 0 Å². The van der Waals surface area contributed by atoms with Crippen LogP contribution in [0.5, 0.6) is 0 Å². The fourth-order valence-corrected chi connectivity index (χ4v) is 3.82. The topological polar surface area (TPSA) is 26.0 Å². The molecular weight excluding hydrogens is 328 g/mol. The highest BCUT2D eigenvalue weighted by Gasteiger charge is 2.27. The van der Waals surface area contributed by atoms with Crippen molar-refractivity contribution in [2.24, 2.45) is 5.73 Å². The zero-order valence-electron chi connectivity index (χ0n) is 14.8. The van der Waals surface area contributed by atoms with Gasteiger partial charge in [0, 0.05) is 29.7 Å². The molecule has 0 saturated carbocycles. The molecule has 4 rings (SSSR count). The lowest BCUT2D eigenvalue weighted by atomic mass is 9.97. The van der Waals surface area contributed by atoms with E-state index in [1.807, 2.05) is 49.4 Å². The summed E-state index contributed by atoms with van der Waals surface area (Å²) >= 11 is 0. The van der Waals surface area contributed by atoms with Gasteiger partial charge in [-0.3, -0.25) is 0 Å². The number of aryl methyl sites for hydroxylation is 1. The predicted molar refractivity (Wildman–Crippen MR) is 102 cm³/mol. The van der Waals surface area contributed by atoms with Crippen LogP contribution < -0.4 is 5.73 Å². The summed E-state index contributed by atoms with van der Waals surface area (Å²) in [4.78, 5) is 0. The van der Waals surface area contributed by atoms with Gasteiger partial charge in [-0.05, 0) is 34.2 Å². The van der Waals surface area contributed by atoms with E-state index in [0.29, 0.717) is 36.1 Å². The molecule has 0 unspecified atom stereocenters. The first-order chi connectivity index (χ1) is 12.6. The standard InChI is InChI=1S/C23H21F2N/c1-2-3-16-8-9-18-19-11-10-17(15-6-4-14(13-26)5-7-15)23(25)21(19)12-20(18)22(16)24/h4-11H,2-3,12-13,26H2,1H3. The molecule has 0 heterocycles. The highest BCUT2D eigenvalue weighted by atomic mass is 19.1. The molecule has 132 valence electrons. The molecule has 0 spiro atoms. The summed E-state index contributed by atoms with van der Waals surface area (Å²) in [6, 6.07) is 15.1. The molecule has 1 aliphatic carbocycles. The van der Waals surface area contributed by atoms with Gasteiger partial charge >= 0.3 is 0 Å². The number of rotatable bonds is 4. The molecule has 0 aromatic heterocycles. The van der Waals surface area contributed by atoms with Gasteiger partial charge in [0.05, 0.1) is 0 Å². The molecule has 0 aliphatic heterocycles. The van der Waals surface area contributed by atoms with Gasteiger partial charge in [0.2, 0.25) is 0 Å². The van der Waals surface area contributed by atoms with Gasteiger partial charge in [0.1, 0.15) is 11.6 Å². The molecule has 3 aromatic rings. The van der Waals surface area contributed by atoms with Crippen LogP contribution in [0.25, 0.3) is 22.3 Å². The van der Waals surface area contributed by atoms with Crippen LogP contribution in [0.15, 0.2) is 48.5 Å². The summed E-state index contributed by atoms with van der Waals surface area (Å²) in [6.45, 7) is 2.49. The van der Waals surface area contributed by atoms with E-state index in [9.17, 15) is 4.39 Å². The molecule has 0 amide bonds. The van der Waals surface area contributed by atoms with Crippen molar-refractivity contribution >= 4 is 0 Å². The Morgan fingerprint density at radius 3 is 2.08 bits per heavy atom. The number of benzene rings is 3. The van der Waals surface area contributed by atoms with Crippen LogP contribution in [0, 0.1) is 11.6 Å². The van der Waals surface area contributed by atoms with Gasteiger partial charge in [-0.15, -0.1) is 0 Å². The molecule has 0 saturated heterocycles. The molecule has 0 bridgehead atoms. The van der Waals surface area contributed by atoms with Gasteiger partial charge in [-0.2, -0.15) is 0 Å². The van der Waals surface area contributed by atoms with Gasteiger partial charge in [0.25, 0.3) is 0 Å². The molecule has 1 aliphatic rings. The fourth-order valence-electron chi connectivity index (χ4n) is 3.82. The molecular formula is C23H21F2N. The highest BCUT2D eigenvalue weighted by Crippen LogP contribution is 2.42. The zero-order valence-corrected chi connectivity index (χ0v) is 14.8. The number of nitrogens with two attached hydrogens (primary N) is 1. The Labute approximate surface area is 152 Å². The van der Waals surface area contributed by atoms with Crippen LogP contribution in [0.4, 0.5) is 8.78 Å². The van der Waals surface area contributed by atoms with E-state index >= 15 is 4.39 Å². The Kier molecular flexibility index (Phi) is 4.33. The zero-order chi connectivity index (χ0) is 18.3. The monoisotopic (exact) mass is 349 g/mol. The third-order valence-electron chi connectivity index (χ3n) is 5.23. The van der Waals surface area contributed by atoms with Crippen molar-refractivity contribution in [2.45, 2.75) is 32.7 Å². The normalized spacial score (nSPS) is 12.2. The summed E-state index contributed by atoms with van der Waals surface area (Å²) in [5.74, 6) is -0.426. The molecule has 3 aromatic carbocycles. The van der Waals surface area contributed by atoms with Crippen molar-refractivity contribution < 1.29 is 8.78 Å². The van der Waals surface area contributed by atoms with Gasteiger partial charge in [-0.25, -0.2) is 8.78 Å². The summed E-state index contributed by atoms with van der Waals surface area (Å²) in [5, 5.41) is 0. The van der Waals surface area contributed by atoms with E-state index in [1.54, 1.807) is 6.07 Å². The van der Waals surface area contributed by atoms with Crippen LogP contribution in [0.3, 0.4) is 0 Å². The molecule has 1 nitrogen and oxygen atoms in total. The van der Waals surface area contributed by atoms with Crippen molar-refractivity contribution in [3.05, 3.63) is 82.4 Å². The first-order valence-electron chi connectivity index (χ1n) is 9.05. The van der Waals surface area contributed by atoms with Crippen LogP contribution >= 0.6 is 0 Å². The number of halogens is 2. The van der Waals surface area contributed by atoms with Crippen molar-refractivity contribution in [1.82, 2.24) is 0 Å². The van der Waals surface area contributed by atoms with Crippen LogP contribution in [-0.2, 0) is 19.4 Å². The van der Waals surface area contributed by atoms with Gasteiger partial charge < -0.3 is 5.73 Å². The Morgan fingerprint density at radius 1 is 0.808 bits per heavy atom. The molecule has 26 heavy (non-hydrogen) atoms. The molecule has 2 N–H and O–H groups in total. The molecule has 0 radical (unpaired) electrons. The van der Waals surface area contributed by atoms with E-state index < -0.39 is 0 Å². The summed E-state index contributed by atoms with van der Waals surface area (Å²) in [5.41, 5.74) is 11.6. The van der Waals surface area contributed by atoms with Crippen molar-refractivity contribution in [3.63, 3.8) is 0 Å². The lowest BCUT2D eigenvalue weighted by Crippen LogP contribution is -1.97. The van der Waals surface area contributed by atoms with Gasteiger partial charge in [0.15, 0.2) is 0 Å². The SMILES string of the molecule is CCCc1ccc2c(c1F)Cc1c-2ccc(-c2ccc(CN)cc2)c1F. The average molecular weight is 349 g/mol. The second-order valence-corrected chi connectivity index (χ2v) is 6.85. The number of hydrogen-bond donors (Lipinski definition) is 1. The molecule has 0 atom stereocenters. The highest BCUT2D eigenvalue weighted by molar-refractivity contribution is 5.81. The minimum absolute atomic E-state index is 0.172. The summed E-state index contributed by atoms with van der Waals surface area (Å²) < 4.78 is 30.1. The Hall–Kier alpha value is -2.52. The molecule has 3 heteroatoms. The predicted octanol–water partition coefficient (Wildman–Crippen LogP) is 5.61. The summed E-state index contributed by atoms with van der Waals surface area (Å²) in [7, 11) is 0. The number of fused-ring (bicyclic) bond motifs is 3. The maximum atomic E-state index is 15.2. The third-order valence-corrected chi connectivity index (χ3v) is 5.23.